The van der Waals surface area contributed by atoms with Crippen molar-refractivity contribution in [3.8, 4) is 5.75 Å². The van der Waals surface area contributed by atoms with E-state index in [1.54, 1.807) is 18.2 Å². The summed E-state index contributed by atoms with van der Waals surface area (Å²) in [4.78, 5) is 11.3. The Morgan fingerprint density at radius 2 is 2.17 bits per heavy atom. The molecule has 0 aliphatic heterocycles. The standard InChI is InChI=1S/C13H17Cl2NO2/c1-2-7-16-13(17)4-3-8-18-12-6-5-10(14)9-11(12)15/h5-6,9H,2-4,7-8H2,1H3,(H,16,17). The lowest BCUT2D eigenvalue weighted by molar-refractivity contribution is -0.121. The smallest absolute Gasteiger partial charge is 0.220 e. The molecule has 1 amide bonds. The molecule has 3 nitrogen and oxygen atoms in total. The summed E-state index contributed by atoms with van der Waals surface area (Å²) < 4.78 is 5.48. The molecule has 0 aromatic heterocycles. The van der Waals surface area contributed by atoms with Gasteiger partial charge in [-0.1, -0.05) is 30.1 Å². The van der Waals surface area contributed by atoms with Crippen molar-refractivity contribution in [2.45, 2.75) is 26.2 Å². The first-order valence-electron chi connectivity index (χ1n) is 5.98. The first kappa shape index (κ1) is 15.1. The van der Waals surface area contributed by atoms with Gasteiger partial charge in [-0.25, -0.2) is 0 Å². The lowest BCUT2D eigenvalue weighted by Crippen LogP contribution is -2.24. The molecule has 0 aliphatic carbocycles. The van der Waals surface area contributed by atoms with Crippen LogP contribution in [0.5, 0.6) is 5.75 Å². The van der Waals surface area contributed by atoms with Crippen LogP contribution in [0, 0.1) is 0 Å². The molecule has 0 aliphatic rings. The van der Waals surface area contributed by atoms with Crippen molar-refractivity contribution in [1.82, 2.24) is 5.32 Å². The van der Waals surface area contributed by atoms with Gasteiger partial charge in [0.15, 0.2) is 0 Å². The third-order valence-corrected chi connectivity index (χ3v) is 2.80. The zero-order valence-corrected chi connectivity index (χ0v) is 11.9. The number of ether oxygens (including phenoxy) is 1. The number of hydrogen-bond donors (Lipinski definition) is 1. The zero-order chi connectivity index (χ0) is 13.4. The number of amides is 1. The van der Waals surface area contributed by atoms with Crippen molar-refractivity contribution >= 4 is 29.1 Å². The van der Waals surface area contributed by atoms with Crippen LogP contribution >= 0.6 is 23.2 Å². The lowest BCUT2D eigenvalue weighted by atomic mass is 10.3. The van der Waals surface area contributed by atoms with E-state index in [-0.39, 0.29) is 5.91 Å². The van der Waals surface area contributed by atoms with E-state index in [1.807, 2.05) is 6.92 Å². The number of halogens is 2. The second kappa shape index (κ2) is 8.22. The second-order valence-corrected chi connectivity index (χ2v) is 4.72. The molecule has 0 spiro atoms. The monoisotopic (exact) mass is 289 g/mol. The summed E-state index contributed by atoms with van der Waals surface area (Å²) in [7, 11) is 0. The SMILES string of the molecule is CCCNC(=O)CCCOc1ccc(Cl)cc1Cl. The van der Waals surface area contributed by atoms with Gasteiger partial charge in [-0.2, -0.15) is 0 Å². The maximum Gasteiger partial charge on any atom is 0.220 e. The van der Waals surface area contributed by atoms with Crippen molar-refractivity contribution in [2.24, 2.45) is 0 Å². The molecule has 100 valence electrons. The van der Waals surface area contributed by atoms with E-state index in [4.69, 9.17) is 27.9 Å². The summed E-state index contributed by atoms with van der Waals surface area (Å²) in [5.74, 6) is 0.651. The molecule has 0 bridgehead atoms. The van der Waals surface area contributed by atoms with E-state index in [0.29, 0.717) is 35.2 Å². The van der Waals surface area contributed by atoms with Gasteiger partial charge in [-0.15, -0.1) is 0 Å². The van der Waals surface area contributed by atoms with Crippen LogP contribution in [0.2, 0.25) is 10.0 Å². The molecule has 18 heavy (non-hydrogen) atoms. The quantitative estimate of drug-likeness (QED) is 0.778. The highest BCUT2D eigenvalue weighted by molar-refractivity contribution is 6.35. The van der Waals surface area contributed by atoms with E-state index in [1.165, 1.54) is 0 Å². The number of carbonyl (C=O) groups is 1. The van der Waals surface area contributed by atoms with E-state index in [0.717, 1.165) is 13.0 Å². The van der Waals surface area contributed by atoms with Gasteiger partial charge in [0.2, 0.25) is 5.91 Å². The van der Waals surface area contributed by atoms with Gasteiger partial charge >= 0.3 is 0 Å². The Kier molecular flexibility index (Phi) is 6.91. The lowest BCUT2D eigenvalue weighted by Gasteiger charge is -2.08. The minimum atomic E-state index is 0.0580. The number of carbonyl (C=O) groups excluding carboxylic acids is 1. The summed E-state index contributed by atoms with van der Waals surface area (Å²) in [6.45, 7) is 3.20. The Morgan fingerprint density at radius 3 is 2.83 bits per heavy atom. The molecular formula is C13H17Cl2NO2. The predicted octanol–water partition coefficient (Wildman–Crippen LogP) is 3.68. The molecule has 1 N–H and O–H groups in total. The molecule has 0 fully saturated rings. The fourth-order valence-corrected chi connectivity index (χ4v) is 1.82. The van der Waals surface area contributed by atoms with Gasteiger partial charge in [-0.05, 0) is 31.0 Å². The van der Waals surface area contributed by atoms with Crippen molar-refractivity contribution in [2.75, 3.05) is 13.2 Å². The van der Waals surface area contributed by atoms with Crippen LogP contribution < -0.4 is 10.1 Å². The number of nitrogens with one attached hydrogen (secondary N) is 1. The third kappa shape index (κ3) is 5.61. The minimum Gasteiger partial charge on any atom is -0.492 e. The van der Waals surface area contributed by atoms with Crippen LogP contribution in [0.3, 0.4) is 0 Å². The second-order valence-electron chi connectivity index (χ2n) is 3.88. The van der Waals surface area contributed by atoms with Crippen LogP contribution in [0.4, 0.5) is 0 Å². The van der Waals surface area contributed by atoms with Gasteiger partial charge in [0.1, 0.15) is 5.75 Å². The van der Waals surface area contributed by atoms with E-state index in [9.17, 15) is 4.79 Å². The van der Waals surface area contributed by atoms with E-state index >= 15 is 0 Å². The topological polar surface area (TPSA) is 38.3 Å². The highest BCUT2D eigenvalue weighted by Gasteiger charge is 2.03. The van der Waals surface area contributed by atoms with Gasteiger partial charge in [0.05, 0.1) is 11.6 Å². The molecule has 5 heteroatoms. The van der Waals surface area contributed by atoms with Gasteiger partial charge in [0.25, 0.3) is 0 Å². The molecule has 0 radical (unpaired) electrons. The molecule has 1 aromatic carbocycles. The Morgan fingerprint density at radius 1 is 1.39 bits per heavy atom. The van der Waals surface area contributed by atoms with Crippen LogP contribution in [0.15, 0.2) is 18.2 Å². The van der Waals surface area contributed by atoms with Gasteiger partial charge in [0, 0.05) is 18.0 Å². The van der Waals surface area contributed by atoms with Crippen LogP contribution in [-0.4, -0.2) is 19.1 Å². The maximum atomic E-state index is 11.3. The van der Waals surface area contributed by atoms with Crippen LogP contribution in [-0.2, 0) is 4.79 Å². The fourth-order valence-electron chi connectivity index (χ4n) is 1.36. The summed E-state index contributed by atoms with van der Waals surface area (Å²) in [5, 5.41) is 3.87. The van der Waals surface area contributed by atoms with Crippen LogP contribution in [0.1, 0.15) is 26.2 Å². The normalized spacial score (nSPS) is 10.2. The molecule has 0 saturated carbocycles. The minimum absolute atomic E-state index is 0.0580. The Balaban J connectivity index is 2.23. The Hall–Kier alpha value is -0.930. The average molecular weight is 290 g/mol. The van der Waals surface area contributed by atoms with Crippen molar-refractivity contribution in [3.05, 3.63) is 28.2 Å². The third-order valence-electron chi connectivity index (χ3n) is 2.27. The van der Waals surface area contributed by atoms with Gasteiger partial charge in [-0.3, -0.25) is 4.79 Å². The largest absolute Gasteiger partial charge is 0.492 e. The average Bonchev–Trinajstić information content (AvgIpc) is 2.34. The fraction of sp³-hybridized carbons (Fsp3) is 0.462. The van der Waals surface area contributed by atoms with Crippen molar-refractivity contribution in [3.63, 3.8) is 0 Å². The van der Waals surface area contributed by atoms with Crippen molar-refractivity contribution < 1.29 is 9.53 Å². The zero-order valence-electron chi connectivity index (χ0n) is 10.3. The first-order valence-corrected chi connectivity index (χ1v) is 6.73. The Bertz CT molecular complexity index is 397. The molecule has 1 rings (SSSR count). The Labute approximate surface area is 117 Å². The summed E-state index contributed by atoms with van der Waals surface area (Å²) in [6.07, 6.45) is 2.07. The first-order chi connectivity index (χ1) is 8.63. The molecular weight excluding hydrogens is 273 g/mol. The maximum absolute atomic E-state index is 11.3. The molecule has 0 atom stereocenters. The van der Waals surface area contributed by atoms with E-state index < -0.39 is 0 Å². The molecule has 0 saturated heterocycles. The number of benzene rings is 1. The summed E-state index contributed by atoms with van der Waals surface area (Å²) in [5.41, 5.74) is 0. The summed E-state index contributed by atoms with van der Waals surface area (Å²) >= 11 is 11.7. The van der Waals surface area contributed by atoms with Crippen LogP contribution in [0.25, 0.3) is 0 Å². The molecule has 0 heterocycles. The highest BCUT2D eigenvalue weighted by Crippen LogP contribution is 2.27. The molecule has 0 unspecified atom stereocenters. The highest BCUT2D eigenvalue weighted by atomic mass is 35.5. The predicted molar refractivity (Wildman–Crippen MR) is 74.5 cm³/mol. The number of hydrogen-bond acceptors (Lipinski definition) is 2. The van der Waals surface area contributed by atoms with Gasteiger partial charge < -0.3 is 10.1 Å². The summed E-state index contributed by atoms with van der Waals surface area (Å²) in [6, 6.07) is 5.07. The number of rotatable bonds is 7. The van der Waals surface area contributed by atoms with Crippen molar-refractivity contribution in [1.29, 1.82) is 0 Å². The molecule has 1 aromatic rings. The van der Waals surface area contributed by atoms with E-state index in [2.05, 4.69) is 5.32 Å².